The minimum Gasteiger partial charge on any atom is -0.256 e. The van der Waals surface area contributed by atoms with Crippen LogP contribution in [0.25, 0.3) is 32.9 Å². The summed E-state index contributed by atoms with van der Waals surface area (Å²) in [5, 5.41) is 2.19. The van der Waals surface area contributed by atoms with Crippen molar-refractivity contribution in [2.45, 2.75) is 0 Å². The highest BCUT2D eigenvalue weighted by atomic mass is 14.8. The molecule has 0 aliphatic heterocycles. The topological polar surface area (TPSA) is 38.7 Å². The van der Waals surface area contributed by atoms with Gasteiger partial charge >= 0.3 is 0 Å². The molecule has 0 amide bonds. The average molecular weight is 257 g/mol. The van der Waals surface area contributed by atoms with E-state index in [-0.39, 0.29) is 0 Å². The van der Waals surface area contributed by atoms with E-state index in [1.54, 1.807) is 6.33 Å². The van der Waals surface area contributed by atoms with Crippen LogP contribution >= 0.6 is 0 Å². The third-order valence-electron chi connectivity index (χ3n) is 3.43. The Kier molecular flexibility index (Phi) is 2.42. The summed E-state index contributed by atoms with van der Waals surface area (Å²) < 4.78 is 0. The molecule has 3 nitrogen and oxygen atoms in total. The summed E-state index contributed by atoms with van der Waals surface area (Å²) in [5.74, 6) is 0. The van der Waals surface area contributed by atoms with Crippen LogP contribution < -0.4 is 0 Å². The van der Waals surface area contributed by atoms with Crippen molar-refractivity contribution in [1.29, 1.82) is 0 Å². The number of nitrogens with zero attached hydrogens (tertiary/aromatic N) is 3. The van der Waals surface area contributed by atoms with Crippen molar-refractivity contribution < 1.29 is 0 Å². The first-order valence-corrected chi connectivity index (χ1v) is 6.45. The smallest absolute Gasteiger partial charge is 0.116 e. The molecule has 3 heteroatoms. The Morgan fingerprint density at radius 2 is 1.50 bits per heavy atom. The lowest BCUT2D eigenvalue weighted by Gasteiger charge is -2.04. The molecular weight excluding hydrogens is 246 g/mol. The SMILES string of the molecule is c1ccc2ncc(-c3ccc4ncncc4c3)cc2c1. The number of fused-ring (bicyclic) bond motifs is 2. The Morgan fingerprint density at radius 1 is 0.650 bits per heavy atom. The van der Waals surface area contributed by atoms with Gasteiger partial charge in [0, 0.05) is 28.7 Å². The molecule has 0 fully saturated rings. The Morgan fingerprint density at radius 3 is 2.50 bits per heavy atom. The van der Waals surface area contributed by atoms with Gasteiger partial charge in [0.1, 0.15) is 6.33 Å². The van der Waals surface area contributed by atoms with E-state index in [0.29, 0.717) is 0 Å². The Bertz CT molecular complexity index is 838. The van der Waals surface area contributed by atoms with Gasteiger partial charge in [-0.2, -0.15) is 0 Å². The second kappa shape index (κ2) is 4.38. The van der Waals surface area contributed by atoms with Crippen molar-refractivity contribution in [2.24, 2.45) is 0 Å². The minimum atomic E-state index is 0.956. The summed E-state index contributed by atoms with van der Waals surface area (Å²) in [5.41, 5.74) is 4.21. The number of hydrogen-bond donors (Lipinski definition) is 0. The summed E-state index contributed by atoms with van der Waals surface area (Å²) in [6, 6.07) is 16.5. The summed E-state index contributed by atoms with van der Waals surface area (Å²) >= 11 is 0. The molecule has 0 N–H and O–H groups in total. The van der Waals surface area contributed by atoms with Crippen molar-refractivity contribution in [3.05, 3.63) is 67.3 Å². The van der Waals surface area contributed by atoms with Crippen LogP contribution in [0.2, 0.25) is 0 Å². The highest BCUT2D eigenvalue weighted by Crippen LogP contribution is 2.25. The third-order valence-corrected chi connectivity index (χ3v) is 3.43. The lowest BCUT2D eigenvalue weighted by molar-refractivity contribution is 1.22. The molecule has 4 aromatic rings. The number of pyridine rings is 1. The first-order valence-electron chi connectivity index (χ1n) is 6.45. The van der Waals surface area contributed by atoms with Crippen LogP contribution in [0.1, 0.15) is 0 Å². The average Bonchev–Trinajstić information content (AvgIpc) is 2.54. The molecule has 0 aliphatic carbocycles. The van der Waals surface area contributed by atoms with Gasteiger partial charge in [-0.3, -0.25) is 4.98 Å². The van der Waals surface area contributed by atoms with E-state index in [1.807, 2.05) is 36.7 Å². The zero-order valence-corrected chi connectivity index (χ0v) is 10.7. The molecular formula is C17H11N3. The molecule has 94 valence electrons. The van der Waals surface area contributed by atoms with Gasteiger partial charge in [-0.05, 0) is 29.8 Å². The molecule has 0 saturated carbocycles. The van der Waals surface area contributed by atoms with Gasteiger partial charge in [-0.1, -0.05) is 24.3 Å². The third kappa shape index (κ3) is 1.80. The van der Waals surface area contributed by atoms with Crippen LogP contribution in [0.4, 0.5) is 0 Å². The highest BCUT2D eigenvalue weighted by Gasteiger charge is 2.02. The molecule has 0 bridgehead atoms. The maximum atomic E-state index is 4.51. The number of aromatic nitrogens is 3. The zero-order chi connectivity index (χ0) is 13.4. The van der Waals surface area contributed by atoms with Crippen molar-refractivity contribution in [3.63, 3.8) is 0 Å². The molecule has 4 rings (SSSR count). The normalized spacial score (nSPS) is 11.0. The van der Waals surface area contributed by atoms with E-state index in [4.69, 9.17) is 0 Å². The van der Waals surface area contributed by atoms with Crippen LogP contribution in [0, 0.1) is 0 Å². The molecule has 2 heterocycles. The Balaban J connectivity index is 1.91. The quantitative estimate of drug-likeness (QED) is 0.520. The van der Waals surface area contributed by atoms with Crippen LogP contribution in [0.15, 0.2) is 67.3 Å². The first kappa shape index (κ1) is 11.1. The largest absolute Gasteiger partial charge is 0.256 e. The molecule has 0 radical (unpaired) electrons. The van der Waals surface area contributed by atoms with E-state index in [2.05, 4.69) is 39.2 Å². The predicted octanol–water partition coefficient (Wildman–Crippen LogP) is 3.85. The minimum absolute atomic E-state index is 0.956. The maximum Gasteiger partial charge on any atom is 0.116 e. The number of hydrogen-bond acceptors (Lipinski definition) is 3. The Hall–Kier alpha value is -2.81. The van der Waals surface area contributed by atoms with Crippen LogP contribution in [-0.4, -0.2) is 15.0 Å². The summed E-state index contributed by atoms with van der Waals surface area (Å²) in [6.45, 7) is 0. The van der Waals surface area contributed by atoms with Gasteiger partial charge in [0.05, 0.1) is 11.0 Å². The van der Waals surface area contributed by atoms with Crippen LogP contribution in [0.3, 0.4) is 0 Å². The van der Waals surface area contributed by atoms with Gasteiger partial charge < -0.3 is 0 Å². The lowest BCUT2D eigenvalue weighted by atomic mass is 10.0. The summed E-state index contributed by atoms with van der Waals surface area (Å²) in [6.07, 6.45) is 5.31. The molecule has 2 aromatic heterocycles. The fourth-order valence-corrected chi connectivity index (χ4v) is 2.39. The van der Waals surface area contributed by atoms with E-state index in [9.17, 15) is 0 Å². The molecule has 0 aliphatic rings. The Labute approximate surface area is 116 Å². The van der Waals surface area contributed by atoms with Crippen molar-refractivity contribution >= 4 is 21.8 Å². The van der Waals surface area contributed by atoms with Crippen molar-refractivity contribution in [2.75, 3.05) is 0 Å². The van der Waals surface area contributed by atoms with Gasteiger partial charge in [0.25, 0.3) is 0 Å². The second-order valence-corrected chi connectivity index (χ2v) is 4.71. The predicted molar refractivity (Wildman–Crippen MR) is 80.3 cm³/mol. The van der Waals surface area contributed by atoms with E-state index in [0.717, 1.165) is 32.9 Å². The molecule has 0 spiro atoms. The standard InChI is InChI=1S/C17H11N3/c1-2-4-16-13(3-1)8-14(10-19-16)12-5-6-17-15(7-12)9-18-11-20-17/h1-11H. The number of benzene rings is 2. The first-order chi connectivity index (χ1) is 9.90. The second-order valence-electron chi connectivity index (χ2n) is 4.71. The van der Waals surface area contributed by atoms with Gasteiger partial charge in [-0.25, -0.2) is 9.97 Å². The summed E-state index contributed by atoms with van der Waals surface area (Å²) in [4.78, 5) is 12.8. The maximum absolute atomic E-state index is 4.51. The van der Waals surface area contributed by atoms with E-state index in [1.165, 1.54) is 0 Å². The molecule has 0 unspecified atom stereocenters. The van der Waals surface area contributed by atoms with E-state index < -0.39 is 0 Å². The van der Waals surface area contributed by atoms with Gasteiger partial charge in [0.2, 0.25) is 0 Å². The zero-order valence-electron chi connectivity index (χ0n) is 10.7. The highest BCUT2D eigenvalue weighted by molar-refractivity contribution is 5.87. The fourth-order valence-electron chi connectivity index (χ4n) is 2.39. The van der Waals surface area contributed by atoms with Crippen molar-refractivity contribution in [3.8, 4) is 11.1 Å². The molecule has 0 saturated heterocycles. The lowest BCUT2D eigenvalue weighted by Crippen LogP contribution is -1.85. The van der Waals surface area contributed by atoms with Crippen molar-refractivity contribution in [1.82, 2.24) is 15.0 Å². The fraction of sp³-hybridized carbons (Fsp3) is 0. The monoisotopic (exact) mass is 257 g/mol. The van der Waals surface area contributed by atoms with Crippen LogP contribution in [0.5, 0.6) is 0 Å². The number of para-hydroxylation sites is 1. The van der Waals surface area contributed by atoms with Crippen LogP contribution in [-0.2, 0) is 0 Å². The molecule has 0 atom stereocenters. The molecule has 2 aromatic carbocycles. The van der Waals surface area contributed by atoms with Gasteiger partial charge in [0.15, 0.2) is 0 Å². The van der Waals surface area contributed by atoms with Gasteiger partial charge in [-0.15, -0.1) is 0 Å². The van der Waals surface area contributed by atoms with E-state index >= 15 is 0 Å². The molecule has 20 heavy (non-hydrogen) atoms. The number of rotatable bonds is 1. The summed E-state index contributed by atoms with van der Waals surface area (Å²) in [7, 11) is 0.